The first-order valence-corrected chi connectivity index (χ1v) is 5.43. The fourth-order valence-electron chi connectivity index (χ4n) is 2.28. The van der Waals surface area contributed by atoms with Crippen molar-refractivity contribution in [3.63, 3.8) is 0 Å². The van der Waals surface area contributed by atoms with Crippen LogP contribution in [0.5, 0.6) is 0 Å². The maximum absolute atomic E-state index is 12.6. The molecule has 0 bridgehead atoms. The van der Waals surface area contributed by atoms with Crippen LogP contribution < -0.4 is 5.73 Å². The minimum Gasteiger partial charge on any atom is -0.316 e. The molecule has 1 aliphatic rings. The summed E-state index contributed by atoms with van der Waals surface area (Å²) in [5.41, 5.74) is 7.37. The molecule has 16 heavy (non-hydrogen) atoms. The SMILES string of the molecule is NC(c1cccc2c1CCCC2)C(F)(F)F. The second kappa shape index (κ2) is 4.09. The fraction of sp³-hybridized carbons (Fsp3) is 0.500. The minimum absolute atomic E-state index is 0.254. The summed E-state index contributed by atoms with van der Waals surface area (Å²) in [5, 5.41) is 0. The van der Waals surface area contributed by atoms with E-state index in [2.05, 4.69) is 0 Å². The summed E-state index contributed by atoms with van der Waals surface area (Å²) in [5.74, 6) is 0. The van der Waals surface area contributed by atoms with Gasteiger partial charge in [0.1, 0.15) is 6.04 Å². The van der Waals surface area contributed by atoms with Gasteiger partial charge in [0.2, 0.25) is 0 Å². The summed E-state index contributed by atoms with van der Waals surface area (Å²) in [6.45, 7) is 0. The van der Waals surface area contributed by atoms with Crippen molar-refractivity contribution in [1.29, 1.82) is 0 Å². The summed E-state index contributed by atoms with van der Waals surface area (Å²) >= 11 is 0. The summed E-state index contributed by atoms with van der Waals surface area (Å²) in [7, 11) is 0. The van der Waals surface area contributed by atoms with Crippen LogP contribution in [0.2, 0.25) is 0 Å². The first-order chi connectivity index (χ1) is 7.50. The van der Waals surface area contributed by atoms with Crippen molar-refractivity contribution in [3.8, 4) is 0 Å². The van der Waals surface area contributed by atoms with E-state index in [4.69, 9.17) is 5.73 Å². The summed E-state index contributed by atoms with van der Waals surface area (Å²) in [6, 6.07) is 3.23. The van der Waals surface area contributed by atoms with Crippen LogP contribution >= 0.6 is 0 Å². The second-order valence-electron chi connectivity index (χ2n) is 4.21. The van der Waals surface area contributed by atoms with Crippen LogP contribution in [0.15, 0.2) is 18.2 Å². The van der Waals surface area contributed by atoms with E-state index in [0.29, 0.717) is 0 Å². The largest absolute Gasteiger partial charge is 0.407 e. The van der Waals surface area contributed by atoms with Crippen molar-refractivity contribution in [3.05, 3.63) is 34.9 Å². The zero-order chi connectivity index (χ0) is 11.8. The molecule has 0 heterocycles. The third kappa shape index (κ3) is 2.07. The zero-order valence-corrected chi connectivity index (χ0v) is 8.85. The van der Waals surface area contributed by atoms with Crippen molar-refractivity contribution in [2.24, 2.45) is 5.73 Å². The highest BCUT2D eigenvalue weighted by atomic mass is 19.4. The number of benzene rings is 1. The summed E-state index contributed by atoms with van der Waals surface area (Å²) < 4.78 is 37.7. The maximum atomic E-state index is 12.6. The average Bonchev–Trinajstić information content (AvgIpc) is 2.26. The lowest BCUT2D eigenvalue weighted by atomic mass is 9.86. The number of fused-ring (bicyclic) bond motifs is 1. The van der Waals surface area contributed by atoms with E-state index in [1.165, 1.54) is 6.07 Å². The van der Waals surface area contributed by atoms with Gasteiger partial charge in [-0.25, -0.2) is 0 Å². The fourth-order valence-corrected chi connectivity index (χ4v) is 2.28. The van der Waals surface area contributed by atoms with Crippen LogP contribution in [0, 0.1) is 0 Å². The van der Waals surface area contributed by atoms with E-state index in [0.717, 1.165) is 36.8 Å². The molecule has 0 radical (unpaired) electrons. The molecule has 0 aromatic heterocycles. The number of rotatable bonds is 1. The number of nitrogens with two attached hydrogens (primary N) is 1. The maximum Gasteiger partial charge on any atom is 0.407 e. The van der Waals surface area contributed by atoms with Crippen LogP contribution in [0.25, 0.3) is 0 Å². The first kappa shape index (κ1) is 11.5. The monoisotopic (exact) mass is 229 g/mol. The molecule has 88 valence electrons. The molecule has 1 aromatic rings. The summed E-state index contributed by atoms with van der Waals surface area (Å²) in [4.78, 5) is 0. The van der Waals surface area contributed by atoms with Gasteiger partial charge >= 0.3 is 6.18 Å². The van der Waals surface area contributed by atoms with Crippen LogP contribution in [0.1, 0.15) is 35.6 Å². The third-order valence-electron chi connectivity index (χ3n) is 3.12. The Morgan fingerprint density at radius 1 is 1.12 bits per heavy atom. The van der Waals surface area contributed by atoms with Gasteiger partial charge in [-0.3, -0.25) is 0 Å². The Morgan fingerprint density at radius 3 is 2.50 bits per heavy atom. The van der Waals surface area contributed by atoms with E-state index in [1.807, 2.05) is 6.07 Å². The molecule has 2 N–H and O–H groups in total. The second-order valence-corrected chi connectivity index (χ2v) is 4.21. The topological polar surface area (TPSA) is 26.0 Å². The van der Waals surface area contributed by atoms with E-state index in [1.54, 1.807) is 6.07 Å². The average molecular weight is 229 g/mol. The molecule has 1 atom stereocenters. The van der Waals surface area contributed by atoms with Gasteiger partial charge in [0, 0.05) is 0 Å². The van der Waals surface area contributed by atoms with Gasteiger partial charge in [0.25, 0.3) is 0 Å². The van der Waals surface area contributed by atoms with Gasteiger partial charge < -0.3 is 5.73 Å². The molecule has 0 amide bonds. The van der Waals surface area contributed by atoms with Crippen LogP contribution in [0.3, 0.4) is 0 Å². The predicted octanol–water partition coefficient (Wildman–Crippen LogP) is 3.13. The van der Waals surface area contributed by atoms with Crippen LogP contribution in [-0.4, -0.2) is 6.18 Å². The number of aryl methyl sites for hydroxylation is 1. The molecule has 1 aliphatic carbocycles. The van der Waals surface area contributed by atoms with Crippen LogP contribution in [0.4, 0.5) is 13.2 Å². The molecule has 0 spiro atoms. The normalized spacial score (nSPS) is 18.0. The lowest BCUT2D eigenvalue weighted by molar-refractivity contribution is -0.149. The number of hydrogen-bond donors (Lipinski definition) is 1. The molecule has 4 heteroatoms. The Bertz CT molecular complexity index is 384. The van der Waals surface area contributed by atoms with E-state index >= 15 is 0 Å². The summed E-state index contributed by atoms with van der Waals surface area (Å²) in [6.07, 6.45) is -0.762. The zero-order valence-electron chi connectivity index (χ0n) is 8.85. The molecule has 1 aromatic carbocycles. The van der Waals surface area contributed by atoms with Gasteiger partial charge in [-0.2, -0.15) is 13.2 Å². The van der Waals surface area contributed by atoms with Gasteiger partial charge in [0.05, 0.1) is 0 Å². The molecule has 0 aliphatic heterocycles. The molecule has 0 fully saturated rings. The van der Waals surface area contributed by atoms with Crippen LogP contribution in [-0.2, 0) is 12.8 Å². The molecule has 1 nitrogen and oxygen atoms in total. The van der Waals surface area contributed by atoms with Crippen molar-refractivity contribution in [2.45, 2.75) is 37.9 Å². The Kier molecular flexibility index (Phi) is 2.93. The standard InChI is InChI=1S/C12H14F3N/c13-12(14,15)11(16)10-7-3-5-8-4-1-2-6-9(8)10/h3,5,7,11H,1-2,4,6,16H2. The van der Waals surface area contributed by atoms with Crippen molar-refractivity contribution in [2.75, 3.05) is 0 Å². The number of alkyl halides is 3. The Morgan fingerprint density at radius 2 is 1.81 bits per heavy atom. The van der Waals surface area contributed by atoms with Crippen molar-refractivity contribution < 1.29 is 13.2 Å². The Balaban J connectivity index is 2.41. The van der Waals surface area contributed by atoms with Crippen molar-refractivity contribution in [1.82, 2.24) is 0 Å². The third-order valence-corrected chi connectivity index (χ3v) is 3.12. The molecule has 0 saturated carbocycles. The predicted molar refractivity (Wildman–Crippen MR) is 56.1 cm³/mol. The molecule has 0 saturated heterocycles. The highest BCUT2D eigenvalue weighted by molar-refractivity contribution is 5.39. The van der Waals surface area contributed by atoms with Gasteiger partial charge in [-0.05, 0) is 42.4 Å². The lowest BCUT2D eigenvalue weighted by Gasteiger charge is -2.24. The molecular weight excluding hydrogens is 215 g/mol. The molecular formula is C12H14F3N. The highest BCUT2D eigenvalue weighted by Crippen LogP contribution is 2.35. The number of hydrogen-bond acceptors (Lipinski definition) is 1. The molecule has 1 unspecified atom stereocenters. The van der Waals surface area contributed by atoms with E-state index in [-0.39, 0.29) is 5.56 Å². The number of halogens is 3. The smallest absolute Gasteiger partial charge is 0.316 e. The minimum atomic E-state index is -4.35. The first-order valence-electron chi connectivity index (χ1n) is 5.43. The highest BCUT2D eigenvalue weighted by Gasteiger charge is 2.39. The van der Waals surface area contributed by atoms with Gasteiger partial charge in [0.15, 0.2) is 0 Å². The van der Waals surface area contributed by atoms with E-state index in [9.17, 15) is 13.2 Å². The quantitative estimate of drug-likeness (QED) is 0.786. The Hall–Kier alpha value is -1.03. The lowest BCUT2D eigenvalue weighted by Crippen LogP contribution is -2.30. The van der Waals surface area contributed by atoms with Gasteiger partial charge in [-0.1, -0.05) is 18.2 Å². The Labute approximate surface area is 92.5 Å². The van der Waals surface area contributed by atoms with E-state index < -0.39 is 12.2 Å². The van der Waals surface area contributed by atoms with Gasteiger partial charge in [-0.15, -0.1) is 0 Å². The molecule has 2 rings (SSSR count). The van der Waals surface area contributed by atoms with Crippen molar-refractivity contribution >= 4 is 0 Å².